The Morgan fingerprint density at radius 3 is 2.67 bits per heavy atom. The third-order valence-electron chi connectivity index (χ3n) is 4.95. The summed E-state index contributed by atoms with van der Waals surface area (Å²) in [6, 6.07) is 5.88. The molecule has 0 aliphatic carbocycles. The van der Waals surface area contributed by atoms with Crippen LogP contribution < -0.4 is 10.3 Å². The van der Waals surface area contributed by atoms with Crippen LogP contribution in [0.15, 0.2) is 34.4 Å². The predicted octanol–water partition coefficient (Wildman–Crippen LogP) is 2.78. The number of benzene rings is 1. The molecule has 0 radical (unpaired) electrons. The molecule has 1 N–H and O–H groups in total. The molecule has 3 rings (SSSR count). The highest BCUT2D eigenvalue weighted by Gasteiger charge is 2.35. The van der Waals surface area contributed by atoms with Crippen molar-refractivity contribution in [3.8, 4) is 0 Å². The van der Waals surface area contributed by atoms with Gasteiger partial charge in [0.1, 0.15) is 5.92 Å². The van der Waals surface area contributed by atoms with E-state index in [1.165, 1.54) is 17.1 Å². The van der Waals surface area contributed by atoms with Gasteiger partial charge in [0.05, 0.1) is 16.3 Å². The number of hydrogen-bond acceptors (Lipinski definition) is 6. The van der Waals surface area contributed by atoms with E-state index < -0.39 is 10.8 Å². The first-order chi connectivity index (χ1) is 13.1. The van der Waals surface area contributed by atoms with E-state index in [0.29, 0.717) is 11.6 Å². The monoisotopic (exact) mass is 371 g/mol. The summed E-state index contributed by atoms with van der Waals surface area (Å²) >= 11 is 0. The normalized spacial score (nSPS) is 21.1. The molecule has 0 spiro atoms. The second-order valence-electron chi connectivity index (χ2n) is 6.95. The highest BCUT2D eigenvalue weighted by atomic mass is 16.6. The lowest BCUT2D eigenvalue weighted by Crippen LogP contribution is -2.30. The molecule has 8 nitrogen and oxygen atoms in total. The molecule has 27 heavy (non-hydrogen) atoms. The number of aliphatic imine (C=N–C) groups is 1. The van der Waals surface area contributed by atoms with Crippen LogP contribution >= 0.6 is 0 Å². The van der Waals surface area contributed by atoms with E-state index in [1.54, 1.807) is 18.3 Å². The van der Waals surface area contributed by atoms with Gasteiger partial charge in [-0.1, -0.05) is 13.3 Å². The van der Waals surface area contributed by atoms with Crippen molar-refractivity contribution in [2.24, 2.45) is 21.9 Å². The van der Waals surface area contributed by atoms with E-state index in [9.17, 15) is 14.9 Å². The van der Waals surface area contributed by atoms with Crippen LogP contribution in [0.2, 0.25) is 0 Å². The first-order valence-electron chi connectivity index (χ1n) is 9.46. The van der Waals surface area contributed by atoms with Crippen LogP contribution in [0.3, 0.4) is 0 Å². The molecular weight excluding hydrogens is 346 g/mol. The van der Waals surface area contributed by atoms with Crippen LogP contribution in [0, 0.1) is 22.0 Å². The number of carbonyl (C=O) groups is 1. The number of nitro benzene ring substituents is 1. The summed E-state index contributed by atoms with van der Waals surface area (Å²) in [4.78, 5) is 27.8. The molecule has 1 atom stereocenters. The number of nitrogens with one attached hydrogen (secondary N) is 1. The van der Waals surface area contributed by atoms with E-state index in [0.717, 1.165) is 51.0 Å². The molecule has 2 aliphatic heterocycles. The SMILES string of the molecule is CCCC1=NN(c2ccc([N+](=O)[O-])cc2)C(=O)[C@@H]1C=NCC1CCNCC1. The van der Waals surface area contributed by atoms with Gasteiger partial charge in [0, 0.05) is 24.9 Å². The second kappa shape index (κ2) is 8.85. The quantitative estimate of drug-likeness (QED) is 0.452. The van der Waals surface area contributed by atoms with Crippen LogP contribution in [0.5, 0.6) is 0 Å². The predicted molar refractivity (Wildman–Crippen MR) is 105 cm³/mol. The maximum atomic E-state index is 12.9. The third-order valence-corrected chi connectivity index (χ3v) is 4.95. The smallest absolute Gasteiger partial charge is 0.269 e. The number of carbonyl (C=O) groups excluding carboxylic acids is 1. The summed E-state index contributed by atoms with van der Waals surface area (Å²) in [5.74, 6) is -0.0282. The van der Waals surface area contributed by atoms with Gasteiger partial charge >= 0.3 is 0 Å². The molecule has 1 fully saturated rings. The van der Waals surface area contributed by atoms with Crippen LogP contribution in [0.25, 0.3) is 0 Å². The summed E-state index contributed by atoms with van der Waals surface area (Å²) in [5.41, 5.74) is 1.33. The van der Waals surface area contributed by atoms with Crippen molar-refractivity contribution < 1.29 is 9.72 Å². The molecule has 2 heterocycles. The van der Waals surface area contributed by atoms with Gasteiger partial charge < -0.3 is 5.32 Å². The molecule has 8 heteroatoms. The maximum absolute atomic E-state index is 12.9. The van der Waals surface area contributed by atoms with E-state index in [1.807, 2.05) is 6.92 Å². The van der Waals surface area contributed by atoms with Crippen molar-refractivity contribution in [2.45, 2.75) is 32.6 Å². The average molecular weight is 371 g/mol. The van der Waals surface area contributed by atoms with Crippen molar-refractivity contribution in [1.82, 2.24) is 5.32 Å². The van der Waals surface area contributed by atoms with E-state index in [-0.39, 0.29) is 11.6 Å². The number of hydrazone groups is 1. The zero-order valence-electron chi connectivity index (χ0n) is 15.5. The fraction of sp³-hybridized carbons (Fsp3) is 0.526. The average Bonchev–Trinajstić information content (AvgIpc) is 2.99. The lowest BCUT2D eigenvalue weighted by atomic mass is 9.98. The van der Waals surface area contributed by atoms with Crippen molar-refractivity contribution in [3.05, 3.63) is 34.4 Å². The van der Waals surface area contributed by atoms with Crippen LogP contribution in [-0.2, 0) is 4.79 Å². The summed E-state index contributed by atoms with van der Waals surface area (Å²) in [6.45, 7) is 4.84. The number of nitro groups is 1. The van der Waals surface area contributed by atoms with E-state index >= 15 is 0 Å². The van der Waals surface area contributed by atoms with Crippen LogP contribution in [-0.4, -0.2) is 42.4 Å². The molecule has 1 saturated heterocycles. The third kappa shape index (κ3) is 4.57. The second-order valence-corrected chi connectivity index (χ2v) is 6.95. The van der Waals surface area contributed by atoms with Gasteiger partial charge in [-0.3, -0.25) is 19.9 Å². The first kappa shape index (κ1) is 19.2. The fourth-order valence-corrected chi connectivity index (χ4v) is 3.41. The molecule has 0 unspecified atom stereocenters. The summed E-state index contributed by atoms with van der Waals surface area (Å²) in [7, 11) is 0. The number of rotatable bonds is 7. The molecule has 1 aromatic carbocycles. The highest BCUT2D eigenvalue weighted by molar-refractivity contribution is 6.24. The summed E-state index contributed by atoms with van der Waals surface area (Å²) < 4.78 is 0. The fourth-order valence-electron chi connectivity index (χ4n) is 3.41. The zero-order valence-corrected chi connectivity index (χ0v) is 15.5. The van der Waals surface area contributed by atoms with Crippen molar-refractivity contribution in [1.29, 1.82) is 0 Å². The van der Waals surface area contributed by atoms with Gasteiger partial charge in [-0.05, 0) is 50.4 Å². The molecule has 1 aromatic rings. The topological polar surface area (TPSA) is 100 Å². The number of piperidine rings is 1. The Morgan fingerprint density at radius 2 is 2.04 bits per heavy atom. The van der Waals surface area contributed by atoms with Gasteiger partial charge in [-0.2, -0.15) is 10.1 Å². The lowest BCUT2D eigenvalue weighted by molar-refractivity contribution is -0.384. The van der Waals surface area contributed by atoms with Gasteiger partial charge in [0.25, 0.3) is 11.6 Å². The Balaban J connectivity index is 1.71. The summed E-state index contributed by atoms with van der Waals surface area (Å²) in [5, 5.41) is 20.0. The number of non-ortho nitro benzene ring substituents is 1. The zero-order chi connectivity index (χ0) is 19.2. The van der Waals surface area contributed by atoms with Crippen molar-refractivity contribution >= 4 is 29.2 Å². The van der Waals surface area contributed by atoms with Crippen molar-refractivity contribution in [2.75, 3.05) is 24.6 Å². The number of amides is 1. The lowest BCUT2D eigenvalue weighted by Gasteiger charge is -2.20. The Bertz CT molecular complexity index is 738. The van der Waals surface area contributed by atoms with E-state index in [2.05, 4.69) is 15.4 Å². The minimum absolute atomic E-state index is 0.0109. The van der Waals surface area contributed by atoms with Gasteiger partial charge in [0.2, 0.25) is 0 Å². The maximum Gasteiger partial charge on any atom is 0.269 e. The van der Waals surface area contributed by atoms with Crippen LogP contribution in [0.1, 0.15) is 32.6 Å². The molecular formula is C19H25N5O3. The Kier molecular flexibility index (Phi) is 6.28. The number of anilines is 1. The molecule has 2 aliphatic rings. The van der Waals surface area contributed by atoms with Gasteiger partial charge in [-0.15, -0.1) is 0 Å². The minimum Gasteiger partial charge on any atom is -0.317 e. The molecule has 0 aromatic heterocycles. The van der Waals surface area contributed by atoms with Crippen LogP contribution in [0.4, 0.5) is 11.4 Å². The molecule has 0 saturated carbocycles. The Labute approximate surface area is 158 Å². The van der Waals surface area contributed by atoms with Gasteiger partial charge in [-0.25, -0.2) is 0 Å². The first-order valence-corrected chi connectivity index (χ1v) is 9.46. The Morgan fingerprint density at radius 1 is 1.33 bits per heavy atom. The van der Waals surface area contributed by atoms with Crippen molar-refractivity contribution in [3.63, 3.8) is 0 Å². The summed E-state index contributed by atoms with van der Waals surface area (Å²) in [6.07, 6.45) is 5.57. The van der Waals surface area contributed by atoms with E-state index in [4.69, 9.17) is 0 Å². The minimum atomic E-state index is -0.461. The number of nitrogens with zero attached hydrogens (tertiary/aromatic N) is 4. The number of hydrogen-bond donors (Lipinski definition) is 1. The molecule has 1 amide bonds. The standard InChI is InChI=1S/C19H25N5O3/c1-2-3-18-17(13-21-12-14-8-10-20-11-9-14)19(25)23(22-18)15-4-6-16(7-5-15)24(26)27/h4-7,13-14,17,20H,2-3,8-12H2,1H3/t17-/m1/s1. The molecule has 144 valence electrons. The molecule has 0 bridgehead atoms. The largest absolute Gasteiger partial charge is 0.317 e. The van der Waals surface area contributed by atoms with Gasteiger partial charge in [0.15, 0.2) is 0 Å². The highest BCUT2D eigenvalue weighted by Crippen LogP contribution is 2.26. The Hall–Kier alpha value is -2.61.